The first-order valence-corrected chi connectivity index (χ1v) is 8.58. The summed E-state index contributed by atoms with van der Waals surface area (Å²) in [5, 5.41) is 18.3. The van der Waals surface area contributed by atoms with E-state index in [-0.39, 0.29) is 17.0 Å². The summed E-state index contributed by atoms with van der Waals surface area (Å²) in [7, 11) is 0. The predicted octanol–water partition coefficient (Wildman–Crippen LogP) is 4.58. The van der Waals surface area contributed by atoms with Gasteiger partial charge in [-0.05, 0) is 61.2 Å². The second-order valence-corrected chi connectivity index (χ2v) is 6.31. The third kappa shape index (κ3) is 3.92. The molecule has 0 amide bonds. The molecule has 2 aromatic carbocycles. The fourth-order valence-electron chi connectivity index (χ4n) is 3.11. The molecule has 2 aromatic rings. The van der Waals surface area contributed by atoms with Gasteiger partial charge < -0.3 is 10.0 Å². The number of carboxylic acids is 1. The average molecular weight is 350 g/mol. The maximum absolute atomic E-state index is 14.5. The van der Waals surface area contributed by atoms with Crippen LogP contribution in [0, 0.1) is 17.1 Å². The molecule has 0 radical (unpaired) electrons. The number of hydrogen-bond acceptors (Lipinski definition) is 3. The van der Waals surface area contributed by atoms with E-state index in [1.165, 1.54) is 30.7 Å². The molecule has 0 aromatic heterocycles. The summed E-state index contributed by atoms with van der Waals surface area (Å²) in [6.45, 7) is 1.88. The lowest BCUT2D eigenvalue weighted by Gasteiger charge is -2.28. The number of halogens is 1. The Hall–Kier alpha value is -3.13. The van der Waals surface area contributed by atoms with Crippen molar-refractivity contribution in [2.75, 3.05) is 18.0 Å². The highest BCUT2D eigenvalue weighted by atomic mass is 19.1. The Bertz CT molecular complexity index is 876. The van der Waals surface area contributed by atoms with E-state index < -0.39 is 5.97 Å². The van der Waals surface area contributed by atoms with Gasteiger partial charge in [0.1, 0.15) is 5.82 Å². The molecule has 1 aliphatic rings. The van der Waals surface area contributed by atoms with Crippen molar-refractivity contribution in [1.29, 1.82) is 5.26 Å². The fourth-order valence-corrected chi connectivity index (χ4v) is 3.11. The number of benzene rings is 2. The molecule has 0 spiro atoms. The van der Waals surface area contributed by atoms with E-state index in [9.17, 15) is 14.4 Å². The van der Waals surface area contributed by atoms with E-state index in [1.54, 1.807) is 18.2 Å². The van der Waals surface area contributed by atoms with Crippen LogP contribution in [0.25, 0.3) is 11.6 Å². The highest BCUT2D eigenvalue weighted by Gasteiger charge is 2.13. The first-order chi connectivity index (χ1) is 12.6. The molecular formula is C21H19FN2O2. The van der Waals surface area contributed by atoms with Gasteiger partial charge in [-0.15, -0.1) is 0 Å². The second-order valence-electron chi connectivity index (χ2n) is 6.31. The third-order valence-corrected chi connectivity index (χ3v) is 4.57. The molecule has 132 valence electrons. The molecule has 4 nitrogen and oxygen atoms in total. The number of hydrogen-bond donors (Lipinski definition) is 1. The van der Waals surface area contributed by atoms with E-state index in [0.29, 0.717) is 11.1 Å². The van der Waals surface area contributed by atoms with E-state index in [1.807, 2.05) is 6.07 Å². The number of aromatic carboxylic acids is 1. The molecule has 0 atom stereocenters. The van der Waals surface area contributed by atoms with Crippen LogP contribution in [0.2, 0.25) is 0 Å². The Morgan fingerprint density at radius 3 is 2.31 bits per heavy atom. The van der Waals surface area contributed by atoms with Crippen molar-refractivity contribution in [3.8, 4) is 6.07 Å². The molecular weight excluding hydrogens is 331 g/mol. The van der Waals surface area contributed by atoms with E-state index >= 15 is 0 Å². The van der Waals surface area contributed by atoms with Crippen LogP contribution in [0.5, 0.6) is 0 Å². The fraction of sp³-hybridized carbons (Fsp3) is 0.238. The van der Waals surface area contributed by atoms with Crippen molar-refractivity contribution in [2.45, 2.75) is 19.3 Å². The zero-order valence-corrected chi connectivity index (χ0v) is 14.3. The topological polar surface area (TPSA) is 64.3 Å². The molecule has 1 N–H and O–H groups in total. The lowest BCUT2D eigenvalue weighted by Crippen LogP contribution is -2.29. The number of allylic oxidation sites excluding steroid dienone is 1. The van der Waals surface area contributed by atoms with Gasteiger partial charge in [-0.25, -0.2) is 9.18 Å². The third-order valence-electron chi connectivity index (χ3n) is 4.57. The number of carbonyl (C=O) groups is 1. The quantitative estimate of drug-likeness (QED) is 0.648. The molecule has 0 bridgehead atoms. The Morgan fingerprint density at radius 2 is 1.73 bits per heavy atom. The van der Waals surface area contributed by atoms with Crippen LogP contribution in [0.15, 0.2) is 42.5 Å². The highest BCUT2D eigenvalue weighted by Crippen LogP contribution is 2.25. The Balaban J connectivity index is 1.87. The largest absolute Gasteiger partial charge is 0.478 e. The maximum Gasteiger partial charge on any atom is 0.335 e. The van der Waals surface area contributed by atoms with Crippen LogP contribution in [0.4, 0.5) is 10.1 Å². The molecule has 1 fully saturated rings. The van der Waals surface area contributed by atoms with Gasteiger partial charge in [0.25, 0.3) is 0 Å². The van der Waals surface area contributed by atoms with Crippen LogP contribution < -0.4 is 4.90 Å². The number of nitriles is 1. The highest BCUT2D eigenvalue weighted by molar-refractivity contribution is 5.92. The Morgan fingerprint density at radius 1 is 1.08 bits per heavy atom. The summed E-state index contributed by atoms with van der Waals surface area (Å²) >= 11 is 0. The Labute approximate surface area is 151 Å². The van der Waals surface area contributed by atoms with Crippen LogP contribution >= 0.6 is 0 Å². The van der Waals surface area contributed by atoms with E-state index in [0.717, 1.165) is 31.6 Å². The maximum atomic E-state index is 14.5. The molecule has 0 unspecified atom stereocenters. The van der Waals surface area contributed by atoms with Crippen LogP contribution in [-0.2, 0) is 0 Å². The minimum Gasteiger partial charge on any atom is -0.478 e. The summed E-state index contributed by atoms with van der Waals surface area (Å²) in [5.41, 5.74) is 2.18. The average Bonchev–Trinajstić information content (AvgIpc) is 2.68. The molecule has 0 aliphatic carbocycles. The molecule has 5 heteroatoms. The number of anilines is 1. The van der Waals surface area contributed by atoms with Gasteiger partial charge >= 0.3 is 5.97 Å². The van der Waals surface area contributed by atoms with Gasteiger partial charge in [0, 0.05) is 24.3 Å². The van der Waals surface area contributed by atoms with E-state index in [2.05, 4.69) is 11.0 Å². The zero-order chi connectivity index (χ0) is 18.5. The van der Waals surface area contributed by atoms with Crippen molar-refractivity contribution in [2.24, 2.45) is 0 Å². The summed E-state index contributed by atoms with van der Waals surface area (Å²) in [4.78, 5) is 13.1. The number of nitrogens with zero attached hydrogens (tertiary/aromatic N) is 2. The van der Waals surface area contributed by atoms with Gasteiger partial charge in [-0.3, -0.25) is 0 Å². The van der Waals surface area contributed by atoms with Gasteiger partial charge in [0.05, 0.1) is 17.2 Å². The number of piperidine rings is 1. The molecule has 1 saturated heterocycles. The second kappa shape index (κ2) is 7.83. The SMILES string of the molecule is N#CC(=Cc1ccc(N2CCCCC2)cc1F)c1ccc(C(=O)O)cc1. The van der Waals surface area contributed by atoms with Gasteiger partial charge in [-0.1, -0.05) is 12.1 Å². The van der Waals surface area contributed by atoms with Crippen molar-refractivity contribution in [3.63, 3.8) is 0 Å². The summed E-state index contributed by atoms with van der Waals surface area (Å²) in [6, 6.07) is 13.1. The van der Waals surface area contributed by atoms with Crippen molar-refractivity contribution >= 4 is 23.3 Å². The van der Waals surface area contributed by atoms with Gasteiger partial charge in [0.2, 0.25) is 0 Å². The van der Waals surface area contributed by atoms with E-state index in [4.69, 9.17) is 5.11 Å². The standard InChI is InChI=1S/C21H19FN2O2/c22-20-13-19(24-10-2-1-3-11-24)9-8-17(20)12-18(14-23)15-4-6-16(7-5-15)21(25)26/h4-9,12-13H,1-3,10-11H2,(H,25,26). The molecule has 0 saturated carbocycles. The van der Waals surface area contributed by atoms with Crippen molar-refractivity contribution in [1.82, 2.24) is 0 Å². The van der Waals surface area contributed by atoms with Crippen molar-refractivity contribution < 1.29 is 14.3 Å². The predicted molar refractivity (Wildman–Crippen MR) is 99.3 cm³/mol. The number of carboxylic acid groups (broad SMARTS) is 1. The molecule has 3 rings (SSSR count). The summed E-state index contributed by atoms with van der Waals surface area (Å²) in [6.07, 6.45) is 4.94. The van der Waals surface area contributed by atoms with Gasteiger partial charge in [0.15, 0.2) is 0 Å². The van der Waals surface area contributed by atoms with Crippen LogP contribution in [-0.4, -0.2) is 24.2 Å². The molecule has 1 aliphatic heterocycles. The normalized spacial score (nSPS) is 14.8. The van der Waals surface area contributed by atoms with Crippen LogP contribution in [0.3, 0.4) is 0 Å². The lowest BCUT2D eigenvalue weighted by molar-refractivity contribution is 0.0697. The monoisotopic (exact) mass is 350 g/mol. The van der Waals surface area contributed by atoms with Crippen molar-refractivity contribution in [3.05, 3.63) is 65.0 Å². The first-order valence-electron chi connectivity index (χ1n) is 8.58. The smallest absolute Gasteiger partial charge is 0.335 e. The Kier molecular flexibility index (Phi) is 5.33. The number of rotatable bonds is 4. The summed E-state index contributed by atoms with van der Waals surface area (Å²) < 4.78 is 14.5. The van der Waals surface area contributed by atoms with Gasteiger partial charge in [-0.2, -0.15) is 5.26 Å². The summed E-state index contributed by atoms with van der Waals surface area (Å²) in [5.74, 6) is -1.40. The lowest BCUT2D eigenvalue weighted by atomic mass is 10.0. The minimum atomic E-state index is -1.03. The van der Waals surface area contributed by atoms with Crippen LogP contribution in [0.1, 0.15) is 40.7 Å². The zero-order valence-electron chi connectivity index (χ0n) is 14.3. The molecule has 26 heavy (non-hydrogen) atoms. The first kappa shape index (κ1) is 17.7. The minimum absolute atomic E-state index is 0.142. The molecule has 1 heterocycles.